The average molecular weight is 364 g/mol. The van der Waals surface area contributed by atoms with Crippen molar-refractivity contribution >= 4 is 11.7 Å². The number of benzene rings is 2. The van der Waals surface area contributed by atoms with E-state index in [-0.39, 0.29) is 18.3 Å². The number of anilines is 1. The van der Waals surface area contributed by atoms with Gasteiger partial charge in [0.2, 0.25) is 0 Å². The summed E-state index contributed by atoms with van der Waals surface area (Å²) in [5, 5.41) is 0. The molecule has 0 atom stereocenters. The monoisotopic (exact) mass is 364 g/mol. The van der Waals surface area contributed by atoms with Crippen LogP contribution in [0.25, 0.3) is 0 Å². The molecule has 138 valence electrons. The third kappa shape index (κ3) is 4.91. The molecule has 0 N–H and O–H groups in total. The predicted molar refractivity (Wildman–Crippen MR) is 103 cm³/mol. The number of carbonyl (C=O) groups is 1. The van der Waals surface area contributed by atoms with Gasteiger partial charge >= 0.3 is 0 Å². The van der Waals surface area contributed by atoms with Gasteiger partial charge in [-0.15, -0.1) is 0 Å². The summed E-state index contributed by atoms with van der Waals surface area (Å²) in [6, 6.07) is 18.6. The number of amides is 1. The van der Waals surface area contributed by atoms with Crippen LogP contribution in [0.15, 0.2) is 72.9 Å². The molecule has 1 aromatic heterocycles. The lowest BCUT2D eigenvalue weighted by atomic mass is 10.1. The maximum atomic E-state index is 13.2. The maximum absolute atomic E-state index is 13.2. The minimum Gasteiger partial charge on any atom is -0.494 e. The zero-order chi connectivity index (χ0) is 19.1. The van der Waals surface area contributed by atoms with E-state index in [9.17, 15) is 9.18 Å². The van der Waals surface area contributed by atoms with E-state index in [0.29, 0.717) is 23.7 Å². The van der Waals surface area contributed by atoms with Crippen molar-refractivity contribution in [2.45, 2.75) is 19.9 Å². The summed E-state index contributed by atoms with van der Waals surface area (Å²) < 4.78 is 18.8. The van der Waals surface area contributed by atoms with Crippen LogP contribution in [-0.4, -0.2) is 17.5 Å². The molecule has 3 aromatic rings. The van der Waals surface area contributed by atoms with Crippen LogP contribution < -0.4 is 9.64 Å². The lowest BCUT2D eigenvalue weighted by Crippen LogP contribution is -2.31. The Bertz CT molecular complexity index is 882. The summed E-state index contributed by atoms with van der Waals surface area (Å²) in [7, 11) is 0. The number of rotatable bonds is 7. The molecule has 0 saturated carbocycles. The van der Waals surface area contributed by atoms with Crippen LogP contribution in [0.1, 0.15) is 29.3 Å². The largest absolute Gasteiger partial charge is 0.494 e. The maximum Gasteiger partial charge on any atom is 0.259 e. The molecule has 4 nitrogen and oxygen atoms in total. The van der Waals surface area contributed by atoms with Gasteiger partial charge in [0.1, 0.15) is 17.4 Å². The van der Waals surface area contributed by atoms with E-state index in [1.807, 2.05) is 19.1 Å². The van der Waals surface area contributed by atoms with E-state index in [1.165, 1.54) is 12.1 Å². The second kappa shape index (κ2) is 8.94. The first-order valence-corrected chi connectivity index (χ1v) is 8.87. The Morgan fingerprint density at radius 2 is 1.89 bits per heavy atom. The van der Waals surface area contributed by atoms with Gasteiger partial charge in [-0.25, -0.2) is 9.37 Å². The summed E-state index contributed by atoms with van der Waals surface area (Å²) in [6.45, 7) is 2.91. The Labute approximate surface area is 158 Å². The second-order valence-corrected chi connectivity index (χ2v) is 6.08. The minimum atomic E-state index is -0.310. The summed E-state index contributed by atoms with van der Waals surface area (Å²) >= 11 is 0. The highest BCUT2D eigenvalue weighted by molar-refractivity contribution is 6.05. The van der Waals surface area contributed by atoms with Gasteiger partial charge in [0.05, 0.1) is 13.2 Å². The molecule has 0 unspecified atom stereocenters. The molecule has 0 aliphatic heterocycles. The van der Waals surface area contributed by atoms with Crippen LogP contribution >= 0.6 is 0 Å². The zero-order valence-corrected chi connectivity index (χ0v) is 15.1. The summed E-state index contributed by atoms with van der Waals surface area (Å²) in [6.07, 6.45) is 2.53. The van der Waals surface area contributed by atoms with E-state index in [4.69, 9.17) is 4.74 Å². The second-order valence-electron chi connectivity index (χ2n) is 6.08. The molecule has 0 aliphatic rings. The van der Waals surface area contributed by atoms with Crippen molar-refractivity contribution in [3.63, 3.8) is 0 Å². The van der Waals surface area contributed by atoms with Crippen molar-refractivity contribution in [2.24, 2.45) is 0 Å². The van der Waals surface area contributed by atoms with Gasteiger partial charge in [0.15, 0.2) is 0 Å². The van der Waals surface area contributed by atoms with Crippen molar-refractivity contribution in [3.8, 4) is 5.75 Å². The van der Waals surface area contributed by atoms with Crippen molar-refractivity contribution in [2.75, 3.05) is 11.5 Å². The number of aromatic nitrogens is 1. The molecule has 5 heteroatoms. The fraction of sp³-hybridized carbons (Fsp3) is 0.182. The van der Waals surface area contributed by atoms with E-state index in [2.05, 4.69) is 4.98 Å². The lowest BCUT2D eigenvalue weighted by Gasteiger charge is -2.22. The van der Waals surface area contributed by atoms with Crippen LogP contribution in [0.2, 0.25) is 0 Å². The average Bonchev–Trinajstić information content (AvgIpc) is 2.72. The van der Waals surface area contributed by atoms with E-state index >= 15 is 0 Å². The van der Waals surface area contributed by atoms with Crippen molar-refractivity contribution in [1.29, 1.82) is 0 Å². The van der Waals surface area contributed by atoms with Crippen LogP contribution in [0.5, 0.6) is 5.75 Å². The van der Waals surface area contributed by atoms with E-state index in [0.717, 1.165) is 12.0 Å². The molecule has 0 fully saturated rings. The molecule has 1 amide bonds. The normalized spacial score (nSPS) is 10.4. The van der Waals surface area contributed by atoms with Gasteiger partial charge in [-0.2, -0.15) is 0 Å². The molecule has 1 heterocycles. The highest BCUT2D eigenvalue weighted by atomic mass is 19.1. The third-order valence-electron chi connectivity index (χ3n) is 3.98. The Morgan fingerprint density at radius 1 is 1.07 bits per heavy atom. The summed E-state index contributed by atoms with van der Waals surface area (Å²) in [5.41, 5.74) is 1.32. The van der Waals surface area contributed by atoms with Crippen molar-refractivity contribution in [3.05, 3.63) is 89.9 Å². The van der Waals surface area contributed by atoms with Crippen LogP contribution in [0.4, 0.5) is 10.2 Å². The van der Waals surface area contributed by atoms with E-state index < -0.39 is 0 Å². The number of hydrogen-bond donors (Lipinski definition) is 0. The Balaban J connectivity index is 1.90. The Morgan fingerprint density at radius 3 is 2.59 bits per heavy atom. The molecule has 0 bridgehead atoms. The quantitative estimate of drug-likeness (QED) is 0.601. The SMILES string of the molecule is CCCOc1cccc(C(=O)N(Cc2ccc(F)cc2)c2ccccn2)c1. The first kappa shape index (κ1) is 18.6. The molecule has 0 radical (unpaired) electrons. The molecule has 0 saturated heterocycles. The number of nitrogens with zero attached hydrogens (tertiary/aromatic N) is 2. The molecule has 2 aromatic carbocycles. The van der Waals surface area contributed by atoms with E-state index in [1.54, 1.807) is 53.6 Å². The smallest absolute Gasteiger partial charge is 0.259 e. The fourth-order valence-electron chi connectivity index (χ4n) is 2.64. The first-order chi connectivity index (χ1) is 13.2. The lowest BCUT2D eigenvalue weighted by molar-refractivity contribution is 0.0984. The van der Waals surface area contributed by atoms with Gasteiger partial charge in [0, 0.05) is 11.8 Å². The van der Waals surface area contributed by atoms with Crippen molar-refractivity contribution < 1.29 is 13.9 Å². The molecule has 0 aliphatic carbocycles. The van der Waals surface area contributed by atoms with Gasteiger partial charge in [-0.05, 0) is 54.4 Å². The molecular weight excluding hydrogens is 343 g/mol. The first-order valence-electron chi connectivity index (χ1n) is 8.87. The highest BCUT2D eigenvalue weighted by Gasteiger charge is 2.19. The fourth-order valence-corrected chi connectivity index (χ4v) is 2.64. The van der Waals surface area contributed by atoms with Crippen molar-refractivity contribution in [1.82, 2.24) is 4.98 Å². The van der Waals surface area contributed by atoms with Crippen LogP contribution in [0, 0.1) is 5.82 Å². The number of pyridine rings is 1. The van der Waals surface area contributed by atoms with Gasteiger partial charge < -0.3 is 4.74 Å². The van der Waals surface area contributed by atoms with Crippen LogP contribution in [-0.2, 0) is 6.54 Å². The molecular formula is C22H21FN2O2. The van der Waals surface area contributed by atoms with Gasteiger partial charge in [-0.3, -0.25) is 9.69 Å². The summed E-state index contributed by atoms with van der Waals surface area (Å²) in [4.78, 5) is 19.1. The van der Waals surface area contributed by atoms with Gasteiger partial charge in [-0.1, -0.05) is 31.2 Å². The third-order valence-corrected chi connectivity index (χ3v) is 3.98. The Kier molecular flexibility index (Phi) is 6.15. The molecule has 0 spiro atoms. The van der Waals surface area contributed by atoms with Crippen LogP contribution in [0.3, 0.4) is 0 Å². The number of ether oxygens (including phenoxy) is 1. The number of carbonyl (C=O) groups excluding carboxylic acids is 1. The minimum absolute atomic E-state index is 0.194. The Hall–Kier alpha value is -3.21. The zero-order valence-electron chi connectivity index (χ0n) is 15.1. The predicted octanol–water partition coefficient (Wildman–Crippen LogP) is 4.86. The number of halogens is 1. The topological polar surface area (TPSA) is 42.4 Å². The highest BCUT2D eigenvalue weighted by Crippen LogP contribution is 2.21. The summed E-state index contributed by atoms with van der Waals surface area (Å²) in [5.74, 6) is 0.687. The molecule has 3 rings (SSSR count). The molecule has 27 heavy (non-hydrogen) atoms. The number of hydrogen-bond acceptors (Lipinski definition) is 3. The standard InChI is InChI=1S/C22H21FN2O2/c1-2-14-27-20-7-5-6-18(15-20)22(26)25(21-8-3-4-13-24-21)16-17-9-11-19(23)12-10-17/h3-13,15H,2,14,16H2,1H3. The van der Waals surface area contributed by atoms with Gasteiger partial charge in [0.25, 0.3) is 5.91 Å².